The first-order valence-electron chi connectivity index (χ1n) is 4.98. The molecule has 1 rings (SSSR count). The number of sulfone groups is 1. The number of H-pyrrole nitrogens is 1. The molecule has 96 valence electrons. The van der Waals surface area contributed by atoms with Crippen molar-refractivity contribution >= 4 is 15.8 Å². The van der Waals surface area contributed by atoms with E-state index in [9.17, 15) is 18.0 Å². The molecule has 0 atom stereocenters. The van der Waals surface area contributed by atoms with E-state index in [1.165, 1.54) is 6.20 Å². The van der Waals surface area contributed by atoms with Crippen molar-refractivity contribution in [2.45, 2.75) is 13.5 Å². The number of aromatic nitrogens is 2. The summed E-state index contributed by atoms with van der Waals surface area (Å²) in [6, 6.07) is 0. The van der Waals surface area contributed by atoms with Crippen LogP contribution in [0.4, 0.5) is 0 Å². The molecule has 0 aromatic carbocycles. The first kappa shape index (κ1) is 13.5. The molecular formula is C9H14N2O5S. The highest BCUT2D eigenvalue weighted by atomic mass is 32.2. The molecule has 8 heteroatoms. The summed E-state index contributed by atoms with van der Waals surface area (Å²) in [5.41, 5.74) is -0.701. The van der Waals surface area contributed by atoms with Crippen LogP contribution in [0.3, 0.4) is 0 Å². The summed E-state index contributed by atoms with van der Waals surface area (Å²) >= 11 is 0. The Bertz CT molecular complexity index is 554. The molecule has 0 saturated heterocycles. The summed E-state index contributed by atoms with van der Waals surface area (Å²) in [4.78, 5) is 22.9. The van der Waals surface area contributed by atoms with E-state index >= 15 is 0 Å². The minimum Gasteiger partial charge on any atom is -0.462 e. The molecule has 17 heavy (non-hydrogen) atoms. The van der Waals surface area contributed by atoms with E-state index in [1.807, 2.05) is 0 Å². The minimum atomic E-state index is -3.16. The number of hydrogen-bond acceptors (Lipinski definition) is 5. The minimum absolute atomic E-state index is 0.0168. The van der Waals surface area contributed by atoms with Crippen LogP contribution >= 0.6 is 0 Å². The highest BCUT2D eigenvalue weighted by molar-refractivity contribution is 7.90. The second-order valence-electron chi connectivity index (χ2n) is 3.49. The van der Waals surface area contributed by atoms with Crippen molar-refractivity contribution in [1.82, 2.24) is 9.78 Å². The van der Waals surface area contributed by atoms with Gasteiger partial charge in [0.1, 0.15) is 15.4 Å². The number of hydrogen-bond donors (Lipinski definition) is 1. The van der Waals surface area contributed by atoms with E-state index < -0.39 is 21.4 Å². The zero-order valence-electron chi connectivity index (χ0n) is 9.60. The van der Waals surface area contributed by atoms with E-state index in [4.69, 9.17) is 0 Å². The lowest BCUT2D eigenvalue weighted by molar-refractivity contribution is 0.0524. The normalized spacial score (nSPS) is 11.4. The molecule has 1 aromatic heterocycles. The maximum absolute atomic E-state index is 11.6. The smallest absolute Gasteiger partial charge is 0.345 e. The average Bonchev–Trinajstić information content (AvgIpc) is 2.56. The maximum Gasteiger partial charge on any atom is 0.345 e. The quantitative estimate of drug-likeness (QED) is 0.714. The second-order valence-corrected chi connectivity index (χ2v) is 5.75. The van der Waals surface area contributed by atoms with Crippen molar-refractivity contribution in [3.05, 3.63) is 22.1 Å². The first-order chi connectivity index (χ1) is 7.85. The zero-order valence-corrected chi connectivity index (χ0v) is 10.4. The molecule has 0 amide bonds. The van der Waals surface area contributed by atoms with Crippen LogP contribution in [0.25, 0.3) is 0 Å². The predicted octanol–water partition coefficient (Wildman–Crippen LogP) is -0.602. The molecular weight excluding hydrogens is 248 g/mol. The van der Waals surface area contributed by atoms with Crippen LogP contribution in [-0.4, -0.2) is 42.8 Å². The van der Waals surface area contributed by atoms with E-state index in [2.05, 4.69) is 9.84 Å². The van der Waals surface area contributed by atoms with Crippen LogP contribution in [0.2, 0.25) is 0 Å². The molecule has 0 aliphatic carbocycles. The fourth-order valence-corrected chi connectivity index (χ4v) is 1.70. The van der Waals surface area contributed by atoms with Crippen molar-refractivity contribution in [3.63, 3.8) is 0 Å². The molecule has 7 nitrogen and oxygen atoms in total. The van der Waals surface area contributed by atoms with Gasteiger partial charge in [-0.25, -0.2) is 13.2 Å². The highest BCUT2D eigenvalue weighted by Gasteiger charge is 2.15. The van der Waals surface area contributed by atoms with Gasteiger partial charge in [-0.05, 0) is 6.92 Å². The van der Waals surface area contributed by atoms with Crippen LogP contribution in [0, 0.1) is 0 Å². The molecule has 0 aliphatic rings. The summed E-state index contributed by atoms with van der Waals surface area (Å²) in [5.74, 6) is -0.887. The lowest BCUT2D eigenvalue weighted by atomic mass is 10.4. The Morgan fingerprint density at radius 3 is 2.71 bits per heavy atom. The van der Waals surface area contributed by atoms with Gasteiger partial charge < -0.3 is 9.84 Å². The Balaban J connectivity index is 2.85. The fraction of sp³-hybridized carbons (Fsp3) is 0.556. The Labute approximate surface area is 98.3 Å². The monoisotopic (exact) mass is 262 g/mol. The summed E-state index contributed by atoms with van der Waals surface area (Å²) in [6.07, 6.45) is 2.29. The van der Waals surface area contributed by atoms with Gasteiger partial charge in [-0.15, -0.1) is 0 Å². The number of esters is 1. The maximum atomic E-state index is 11.6. The third kappa shape index (κ3) is 3.74. The Morgan fingerprint density at radius 1 is 1.53 bits per heavy atom. The van der Waals surface area contributed by atoms with Gasteiger partial charge in [0.25, 0.3) is 5.56 Å². The third-order valence-corrected chi connectivity index (χ3v) is 2.95. The Hall–Kier alpha value is -1.57. The number of nitrogens with one attached hydrogen (secondary N) is 1. The largest absolute Gasteiger partial charge is 0.462 e. The number of rotatable bonds is 5. The van der Waals surface area contributed by atoms with Gasteiger partial charge >= 0.3 is 5.97 Å². The van der Waals surface area contributed by atoms with Gasteiger partial charge in [0.05, 0.1) is 18.9 Å². The topological polar surface area (TPSA) is 98.2 Å². The van der Waals surface area contributed by atoms with Crippen molar-refractivity contribution in [2.24, 2.45) is 0 Å². The molecule has 1 aromatic rings. The van der Waals surface area contributed by atoms with Crippen LogP contribution in [-0.2, 0) is 21.1 Å². The number of nitrogens with zero attached hydrogens (tertiary/aromatic N) is 1. The highest BCUT2D eigenvalue weighted by Crippen LogP contribution is 1.94. The molecule has 0 aliphatic heterocycles. The first-order valence-corrected chi connectivity index (χ1v) is 7.04. The van der Waals surface area contributed by atoms with E-state index in [-0.39, 0.29) is 24.5 Å². The van der Waals surface area contributed by atoms with Crippen LogP contribution in [0.15, 0.2) is 11.0 Å². The molecule has 0 spiro atoms. The zero-order chi connectivity index (χ0) is 13.1. The summed E-state index contributed by atoms with van der Waals surface area (Å²) in [7, 11) is -3.16. The number of aromatic amines is 1. The summed E-state index contributed by atoms with van der Waals surface area (Å²) in [5, 5.41) is 2.52. The van der Waals surface area contributed by atoms with Gasteiger partial charge in [-0.2, -0.15) is 0 Å². The van der Waals surface area contributed by atoms with Gasteiger partial charge in [-0.3, -0.25) is 9.48 Å². The lowest BCUT2D eigenvalue weighted by Crippen LogP contribution is -2.25. The van der Waals surface area contributed by atoms with Crippen molar-refractivity contribution in [1.29, 1.82) is 0 Å². The molecule has 0 radical (unpaired) electrons. The number of carbonyl (C=O) groups is 1. The number of carbonyl (C=O) groups excluding carboxylic acids is 1. The molecule has 0 unspecified atom stereocenters. The molecule has 0 bridgehead atoms. The average molecular weight is 262 g/mol. The SMILES string of the molecule is CCOC(=O)c1c[nH]n(CCS(C)(=O)=O)c1=O. The van der Waals surface area contributed by atoms with Crippen molar-refractivity contribution in [2.75, 3.05) is 18.6 Å². The van der Waals surface area contributed by atoms with Crippen LogP contribution < -0.4 is 5.56 Å². The van der Waals surface area contributed by atoms with E-state index in [0.717, 1.165) is 10.9 Å². The van der Waals surface area contributed by atoms with Gasteiger partial charge in [0, 0.05) is 12.5 Å². The fourth-order valence-electron chi connectivity index (χ4n) is 1.19. The predicted molar refractivity (Wildman–Crippen MR) is 60.7 cm³/mol. The third-order valence-electron chi connectivity index (χ3n) is 2.02. The number of ether oxygens (including phenoxy) is 1. The lowest BCUT2D eigenvalue weighted by Gasteiger charge is -1.99. The van der Waals surface area contributed by atoms with Crippen LogP contribution in [0.5, 0.6) is 0 Å². The summed E-state index contributed by atoms with van der Waals surface area (Å²) < 4.78 is 27.6. The molecule has 1 N–H and O–H groups in total. The molecule has 1 heterocycles. The second kappa shape index (κ2) is 5.17. The van der Waals surface area contributed by atoms with E-state index in [0.29, 0.717) is 0 Å². The standard InChI is InChI=1S/C9H14N2O5S/c1-3-16-9(13)7-6-10-11(8(7)12)4-5-17(2,14)15/h6,10H,3-5H2,1-2H3. The van der Waals surface area contributed by atoms with E-state index in [1.54, 1.807) is 6.92 Å². The Kier molecular flexibility index (Phi) is 4.11. The Morgan fingerprint density at radius 2 is 2.18 bits per heavy atom. The molecule has 0 fully saturated rings. The van der Waals surface area contributed by atoms with Crippen molar-refractivity contribution < 1.29 is 17.9 Å². The van der Waals surface area contributed by atoms with Gasteiger partial charge in [0.2, 0.25) is 0 Å². The van der Waals surface area contributed by atoms with Gasteiger partial charge in [0.15, 0.2) is 0 Å². The number of aryl methyl sites for hydroxylation is 1. The van der Waals surface area contributed by atoms with Crippen LogP contribution in [0.1, 0.15) is 17.3 Å². The van der Waals surface area contributed by atoms with Gasteiger partial charge in [-0.1, -0.05) is 0 Å². The molecule has 0 saturated carbocycles. The van der Waals surface area contributed by atoms with Crippen molar-refractivity contribution in [3.8, 4) is 0 Å². The summed E-state index contributed by atoms with van der Waals surface area (Å²) in [6.45, 7) is 1.79.